The van der Waals surface area contributed by atoms with E-state index in [0.29, 0.717) is 23.1 Å². The number of carbonyl (C=O) groups excluding carboxylic acids is 2. The monoisotopic (exact) mass is 693 g/mol. The van der Waals surface area contributed by atoms with Gasteiger partial charge in [0.1, 0.15) is 5.56 Å². The smallest absolute Gasteiger partial charge is 0.269 e. The minimum Gasteiger partial charge on any atom is -0.351 e. The molecular weight excluding hydrogens is 661 g/mol. The van der Waals surface area contributed by atoms with Crippen LogP contribution in [0.25, 0.3) is 10.8 Å². The maximum atomic E-state index is 15.0. The van der Waals surface area contributed by atoms with E-state index in [1.807, 2.05) is 19.1 Å². The summed E-state index contributed by atoms with van der Waals surface area (Å²) in [5, 5.41) is 15.4. The van der Waals surface area contributed by atoms with Gasteiger partial charge in [0.15, 0.2) is 23.3 Å². The number of non-ortho nitro benzene ring substituents is 1. The molecule has 260 valence electrons. The molecular formula is C36H32F5N5O4. The predicted octanol–water partition coefficient (Wildman–Crippen LogP) is 7.10. The third kappa shape index (κ3) is 7.64. The Kier molecular flexibility index (Phi) is 10.9. The molecule has 0 aliphatic heterocycles. The van der Waals surface area contributed by atoms with Gasteiger partial charge in [0.2, 0.25) is 11.7 Å². The number of halogens is 5. The normalized spacial score (nSPS) is 12.5. The first-order valence-corrected chi connectivity index (χ1v) is 15.7. The number of fused-ring (bicyclic) bond motifs is 1. The average molecular weight is 694 g/mol. The van der Waals surface area contributed by atoms with Gasteiger partial charge in [0.05, 0.1) is 17.7 Å². The summed E-state index contributed by atoms with van der Waals surface area (Å²) in [6.45, 7) is 3.30. The Morgan fingerprint density at radius 3 is 2.22 bits per heavy atom. The van der Waals surface area contributed by atoms with Crippen molar-refractivity contribution >= 4 is 28.3 Å². The first-order valence-electron chi connectivity index (χ1n) is 15.7. The molecule has 2 atom stereocenters. The highest BCUT2D eigenvalue weighted by atomic mass is 19.2. The zero-order valence-electron chi connectivity index (χ0n) is 27.0. The summed E-state index contributed by atoms with van der Waals surface area (Å²) in [4.78, 5) is 42.9. The van der Waals surface area contributed by atoms with Gasteiger partial charge in [-0.2, -0.15) is 0 Å². The highest BCUT2D eigenvalue weighted by Crippen LogP contribution is 2.27. The molecule has 5 rings (SSSR count). The van der Waals surface area contributed by atoms with Crippen LogP contribution in [-0.2, 0) is 24.3 Å². The van der Waals surface area contributed by atoms with Crippen LogP contribution in [0.4, 0.5) is 27.6 Å². The Bertz CT molecular complexity index is 2020. The molecule has 0 unspecified atom stereocenters. The molecule has 50 heavy (non-hydrogen) atoms. The van der Waals surface area contributed by atoms with Gasteiger partial charge in [0, 0.05) is 49.7 Å². The summed E-state index contributed by atoms with van der Waals surface area (Å²) in [6.07, 6.45) is 3.34. The van der Waals surface area contributed by atoms with Crippen molar-refractivity contribution in [1.82, 2.24) is 19.8 Å². The maximum Gasteiger partial charge on any atom is 0.269 e. The third-order valence-electron chi connectivity index (χ3n) is 8.69. The van der Waals surface area contributed by atoms with Crippen molar-refractivity contribution in [3.63, 3.8) is 0 Å². The molecule has 0 spiro atoms. The van der Waals surface area contributed by atoms with Crippen LogP contribution in [0.5, 0.6) is 0 Å². The van der Waals surface area contributed by atoms with E-state index >= 15 is 0 Å². The molecule has 0 aliphatic rings. The molecule has 9 nitrogen and oxygen atoms in total. The number of amides is 2. The van der Waals surface area contributed by atoms with Crippen LogP contribution in [-0.4, -0.2) is 43.8 Å². The van der Waals surface area contributed by atoms with E-state index in [-0.39, 0.29) is 37.7 Å². The highest BCUT2D eigenvalue weighted by molar-refractivity contribution is 5.95. The van der Waals surface area contributed by atoms with Gasteiger partial charge in [-0.05, 0) is 27.8 Å². The second-order valence-electron chi connectivity index (χ2n) is 11.9. The number of aromatic nitrogens is 2. The Morgan fingerprint density at radius 1 is 0.920 bits per heavy atom. The molecule has 0 fully saturated rings. The van der Waals surface area contributed by atoms with Gasteiger partial charge in [-0.15, -0.1) is 0 Å². The van der Waals surface area contributed by atoms with Crippen LogP contribution >= 0.6 is 0 Å². The van der Waals surface area contributed by atoms with E-state index in [9.17, 15) is 41.7 Å². The van der Waals surface area contributed by atoms with E-state index in [4.69, 9.17) is 0 Å². The summed E-state index contributed by atoms with van der Waals surface area (Å²) in [5.74, 6) is -13.6. The van der Waals surface area contributed by atoms with Gasteiger partial charge in [-0.25, -0.2) is 26.9 Å². The lowest BCUT2D eigenvalue weighted by Crippen LogP contribution is -2.49. The lowest BCUT2D eigenvalue weighted by Gasteiger charge is -2.32. The molecule has 1 N–H and O–H groups in total. The lowest BCUT2D eigenvalue weighted by atomic mass is 9.97. The fourth-order valence-corrected chi connectivity index (χ4v) is 5.68. The molecule has 5 aromatic rings. The van der Waals surface area contributed by atoms with Crippen molar-refractivity contribution in [2.24, 2.45) is 5.92 Å². The minimum absolute atomic E-state index is 0.0665. The fourth-order valence-electron chi connectivity index (χ4n) is 5.68. The van der Waals surface area contributed by atoms with Crippen LogP contribution < -0.4 is 5.32 Å². The number of nitrogens with zero attached hydrogens (tertiary/aromatic N) is 4. The molecule has 4 aromatic carbocycles. The molecule has 1 heterocycles. The van der Waals surface area contributed by atoms with Crippen LogP contribution in [0, 0.1) is 45.1 Å². The van der Waals surface area contributed by atoms with Crippen molar-refractivity contribution in [2.75, 3.05) is 6.54 Å². The summed E-state index contributed by atoms with van der Waals surface area (Å²) in [6, 6.07) is 17.5. The Balaban J connectivity index is 1.43. The Hall–Kier alpha value is -5.66. The minimum atomic E-state index is -2.38. The number of hydrogen-bond acceptors (Lipinski definition) is 5. The van der Waals surface area contributed by atoms with Gasteiger partial charge in [-0.1, -0.05) is 74.9 Å². The largest absolute Gasteiger partial charge is 0.351 e. The SMILES string of the molecule is CC[C@H](C)[C@@H](CN(Cc1cccc2ccccc12)C(=O)c1c(F)c(F)c(F)c(F)c1F)NC(=O)Cc1cncn1Cc1ccc([N+](=O)[O-])cc1. The average Bonchev–Trinajstić information content (AvgIpc) is 3.54. The van der Waals surface area contributed by atoms with E-state index < -0.39 is 57.4 Å². The van der Waals surface area contributed by atoms with E-state index in [1.165, 1.54) is 24.7 Å². The number of benzene rings is 4. The molecule has 2 amide bonds. The zero-order valence-corrected chi connectivity index (χ0v) is 27.0. The molecule has 0 aliphatic carbocycles. The summed E-state index contributed by atoms with van der Waals surface area (Å²) in [5.41, 5.74) is 0.122. The van der Waals surface area contributed by atoms with Crippen LogP contribution in [0.1, 0.15) is 47.4 Å². The van der Waals surface area contributed by atoms with Crippen molar-refractivity contribution in [3.8, 4) is 0 Å². The van der Waals surface area contributed by atoms with Crippen LogP contribution in [0.15, 0.2) is 79.3 Å². The van der Waals surface area contributed by atoms with Gasteiger partial charge in [0.25, 0.3) is 11.6 Å². The quantitative estimate of drug-likeness (QED) is 0.0465. The van der Waals surface area contributed by atoms with Crippen molar-refractivity contribution in [3.05, 3.63) is 141 Å². The number of nitro groups is 1. The standard InChI is InChI=1S/C36H32F5N5O4/c1-3-21(2)28(43-29(47)15-26-16-42-20-45(26)17-22-11-13-25(14-12-22)46(49)50)19-44(18-24-9-6-8-23-7-4-5-10-27(23)24)36(48)30-31(37)33(39)35(41)34(40)32(30)38/h4-14,16,20-21,28H,3,15,17-19H2,1-2H3,(H,43,47)/t21-,28+/m0/s1. The zero-order chi connectivity index (χ0) is 36.1. The molecule has 0 saturated carbocycles. The summed E-state index contributed by atoms with van der Waals surface area (Å²) in [7, 11) is 0. The van der Waals surface area contributed by atoms with E-state index in [2.05, 4.69) is 10.3 Å². The van der Waals surface area contributed by atoms with Crippen LogP contribution in [0.2, 0.25) is 0 Å². The molecule has 14 heteroatoms. The molecule has 0 radical (unpaired) electrons. The van der Waals surface area contributed by atoms with Crippen molar-refractivity contribution in [2.45, 2.75) is 45.8 Å². The summed E-state index contributed by atoms with van der Waals surface area (Å²) < 4.78 is 74.0. The lowest BCUT2D eigenvalue weighted by molar-refractivity contribution is -0.384. The fraction of sp³-hybridized carbons (Fsp3) is 0.250. The Morgan fingerprint density at radius 2 is 1.56 bits per heavy atom. The number of rotatable bonds is 13. The van der Waals surface area contributed by atoms with E-state index in [1.54, 1.807) is 54.0 Å². The van der Waals surface area contributed by atoms with Gasteiger partial charge >= 0.3 is 0 Å². The Labute approximate surface area is 283 Å². The summed E-state index contributed by atoms with van der Waals surface area (Å²) >= 11 is 0. The predicted molar refractivity (Wildman–Crippen MR) is 174 cm³/mol. The topological polar surface area (TPSA) is 110 Å². The van der Waals surface area contributed by atoms with Crippen molar-refractivity contribution < 1.29 is 36.5 Å². The second-order valence-corrected chi connectivity index (χ2v) is 11.9. The first kappa shape index (κ1) is 35.6. The van der Waals surface area contributed by atoms with E-state index in [0.717, 1.165) is 15.8 Å². The number of imidazole rings is 1. The second kappa shape index (κ2) is 15.3. The maximum absolute atomic E-state index is 15.0. The van der Waals surface area contributed by atoms with Gasteiger partial charge in [-0.3, -0.25) is 19.7 Å². The molecule has 0 bridgehead atoms. The number of nitro benzene ring substituents is 1. The first-order chi connectivity index (χ1) is 23.9. The molecule has 0 saturated heterocycles. The van der Waals surface area contributed by atoms with Crippen LogP contribution in [0.3, 0.4) is 0 Å². The molecule has 1 aromatic heterocycles. The highest BCUT2D eigenvalue weighted by Gasteiger charge is 2.34. The van der Waals surface area contributed by atoms with Gasteiger partial charge < -0.3 is 14.8 Å². The number of carbonyl (C=O) groups is 2. The van der Waals surface area contributed by atoms with Crippen molar-refractivity contribution in [1.29, 1.82) is 0 Å². The number of nitrogens with one attached hydrogen (secondary N) is 1. The number of hydrogen-bond donors (Lipinski definition) is 1. The third-order valence-corrected chi connectivity index (χ3v) is 8.69.